The molecule has 1 fully saturated rings. The highest BCUT2D eigenvalue weighted by Crippen LogP contribution is 2.21. The number of hydrogen-bond donors (Lipinski definition) is 1. The highest BCUT2D eigenvalue weighted by Gasteiger charge is 2.29. The molecule has 0 aliphatic carbocycles. The molecular weight excluding hydrogens is 356 g/mol. The molecule has 1 aliphatic heterocycles. The Morgan fingerprint density at radius 2 is 2.04 bits per heavy atom. The lowest BCUT2D eigenvalue weighted by molar-refractivity contribution is -0.917. The Morgan fingerprint density at radius 3 is 2.68 bits per heavy atom. The van der Waals surface area contributed by atoms with E-state index in [1.54, 1.807) is 0 Å². The molecule has 0 spiro atoms. The molecule has 25 heavy (non-hydrogen) atoms. The van der Waals surface area contributed by atoms with Crippen molar-refractivity contribution in [2.75, 3.05) is 18.6 Å². The summed E-state index contributed by atoms with van der Waals surface area (Å²) >= 11 is 5.51. The first-order valence-corrected chi connectivity index (χ1v) is 10.8. The number of quaternary nitrogens is 1. The summed E-state index contributed by atoms with van der Waals surface area (Å²) in [6.45, 7) is 1.58. The normalized spacial score (nSPS) is 20.6. The van der Waals surface area contributed by atoms with Gasteiger partial charge < -0.3 is 9.47 Å². The number of sulfone groups is 1. The molecule has 0 amide bonds. The summed E-state index contributed by atoms with van der Waals surface area (Å²) in [5, 5.41) is 4.66. The molecule has 1 N–H and O–H groups in total. The second-order valence-corrected chi connectivity index (χ2v) is 9.60. The van der Waals surface area contributed by atoms with E-state index in [0.29, 0.717) is 23.6 Å². The van der Waals surface area contributed by atoms with Crippen LogP contribution < -0.4 is 4.90 Å². The fraction of sp³-hybridized carbons (Fsp3) is 0.529. The van der Waals surface area contributed by atoms with Gasteiger partial charge in [-0.1, -0.05) is 30.3 Å². The van der Waals surface area contributed by atoms with Gasteiger partial charge in [-0.15, -0.1) is 0 Å². The van der Waals surface area contributed by atoms with E-state index >= 15 is 0 Å². The first kappa shape index (κ1) is 18.3. The van der Waals surface area contributed by atoms with Gasteiger partial charge in [0, 0.05) is 19.0 Å². The van der Waals surface area contributed by atoms with Crippen LogP contribution in [0.25, 0.3) is 0 Å². The molecule has 2 aromatic rings. The summed E-state index contributed by atoms with van der Waals surface area (Å²) in [5.41, 5.74) is 1.28. The molecule has 8 heteroatoms. The molecule has 3 rings (SSSR count). The van der Waals surface area contributed by atoms with E-state index in [9.17, 15) is 8.42 Å². The second-order valence-electron chi connectivity index (χ2n) is 7.01. The molecule has 1 saturated heterocycles. The van der Waals surface area contributed by atoms with Crippen molar-refractivity contribution >= 4 is 22.1 Å². The maximum Gasteiger partial charge on any atom is 0.202 e. The molecule has 6 nitrogen and oxygen atoms in total. The number of aromatic nitrogens is 3. The van der Waals surface area contributed by atoms with Crippen molar-refractivity contribution in [3.8, 4) is 0 Å². The van der Waals surface area contributed by atoms with Gasteiger partial charge in [-0.2, -0.15) is 9.78 Å². The molecular formula is C17H25N4O2S2+. The highest BCUT2D eigenvalue weighted by atomic mass is 32.2. The average molecular weight is 382 g/mol. The highest BCUT2D eigenvalue weighted by molar-refractivity contribution is 7.91. The van der Waals surface area contributed by atoms with Crippen LogP contribution in [0.15, 0.2) is 30.3 Å². The standard InChI is InChI=1S/C17H24N4O2S2/c1-19(11-14-6-4-3-5-7-14)13-21-17(24)20(2)16(18-21)10-15-8-9-25(22,23)12-15/h3-7,15H,8-13H2,1-2H3/p+1/t15-/m0/s1. The van der Waals surface area contributed by atoms with Crippen LogP contribution in [-0.2, 0) is 36.5 Å². The Morgan fingerprint density at radius 1 is 1.32 bits per heavy atom. The summed E-state index contributed by atoms with van der Waals surface area (Å²) in [4.78, 5) is 1.29. The molecule has 0 radical (unpaired) electrons. The average Bonchev–Trinajstić information content (AvgIpc) is 3.03. The van der Waals surface area contributed by atoms with E-state index in [1.807, 2.05) is 34.5 Å². The Hall–Kier alpha value is -1.51. The van der Waals surface area contributed by atoms with Crippen molar-refractivity contribution in [2.24, 2.45) is 13.0 Å². The summed E-state index contributed by atoms with van der Waals surface area (Å²) in [6.07, 6.45) is 1.39. The first-order chi connectivity index (χ1) is 11.8. The largest absolute Gasteiger partial charge is 0.315 e. The Labute approximate surface area is 154 Å². The minimum atomic E-state index is -2.86. The van der Waals surface area contributed by atoms with E-state index in [2.05, 4.69) is 24.3 Å². The van der Waals surface area contributed by atoms with Gasteiger partial charge in [0.1, 0.15) is 12.4 Å². The van der Waals surface area contributed by atoms with Crippen molar-refractivity contribution in [3.05, 3.63) is 46.5 Å². The fourth-order valence-corrected chi connectivity index (χ4v) is 5.43. The topological polar surface area (TPSA) is 61.3 Å². The maximum absolute atomic E-state index is 11.7. The molecule has 1 unspecified atom stereocenters. The Kier molecular flexibility index (Phi) is 5.41. The molecule has 0 bridgehead atoms. The van der Waals surface area contributed by atoms with Crippen LogP contribution in [0.5, 0.6) is 0 Å². The number of nitrogens with zero attached hydrogens (tertiary/aromatic N) is 3. The third-order valence-corrected chi connectivity index (χ3v) is 7.02. The molecule has 136 valence electrons. The molecule has 1 aromatic carbocycles. The summed E-state index contributed by atoms with van der Waals surface area (Å²) in [5.74, 6) is 1.60. The third kappa shape index (κ3) is 4.56. The summed E-state index contributed by atoms with van der Waals surface area (Å²) in [7, 11) is 1.17. The lowest BCUT2D eigenvalue weighted by atomic mass is 10.1. The molecule has 2 atom stereocenters. The van der Waals surface area contributed by atoms with Crippen LogP contribution in [0.4, 0.5) is 0 Å². The quantitative estimate of drug-likeness (QED) is 0.745. The predicted molar refractivity (Wildman–Crippen MR) is 99.5 cm³/mol. The van der Waals surface area contributed by atoms with Gasteiger partial charge in [0.25, 0.3) is 0 Å². The summed E-state index contributed by atoms with van der Waals surface area (Å²) < 4.78 is 27.8. The Bertz CT molecular complexity index is 887. The van der Waals surface area contributed by atoms with E-state index in [4.69, 9.17) is 12.2 Å². The van der Waals surface area contributed by atoms with Gasteiger partial charge in [-0.3, -0.25) is 0 Å². The molecule has 1 aromatic heterocycles. The van der Waals surface area contributed by atoms with Crippen LogP contribution in [0, 0.1) is 10.7 Å². The van der Waals surface area contributed by atoms with Crippen molar-refractivity contribution in [1.82, 2.24) is 14.3 Å². The zero-order valence-electron chi connectivity index (χ0n) is 14.7. The van der Waals surface area contributed by atoms with Crippen LogP contribution in [0.3, 0.4) is 0 Å². The SMILES string of the molecule is Cn1c(C[C@@H]2CCS(=O)(=O)C2)nn(C[NH+](C)Cc2ccccc2)c1=S. The third-order valence-electron chi connectivity index (χ3n) is 4.70. The van der Waals surface area contributed by atoms with E-state index in [1.165, 1.54) is 10.5 Å². The van der Waals surface area contributed by atoms with Gasteiger partial charge in [0.15, 0.2) is 16.5 Å². The predicted octanol–water partition coefficient (Wildman–Crippen LogP) is 0.601. The molecule has 0 saturated carbocycles. The van der Waals surface area contributed by atoms with Crippen LogP contribution in [-0.4, -0.2) is 41.3 Å². The number of nitrogens with one attached hydrogen (secondary N) is 1. The van der Waals surface area contributed by atoms with Gasteiger partial charge in [0.2, 0.25) is 4.77 Å². The van der Waals surface area contributed by atoms with Crippen LogP contribution >= 0.6 is 12.2 Å². The smallest absolute Gasteiger partial charge is 0.202 e. The molecule has 1 aliphatic rings. The van der Waals surface area contributed by atoms with Crippen molar-refractivity contribution in [2.45, 2.75) is 26.1 Å². The maximum atomic E-state index is 11.7. The van der Waals surface area contributed by atoms with Gasteiger partial charge in [0.05, 0.1) is 18.6 Å². The van der Waals surface area contributed by atoms with Crippen LogP contribution in [0.1, 0.15) is 17.8 Å². The van der Waals surface area contributed by atoms with Crippen molar-refractivity contribution in [3.63, 3.8) is 0 Å². The van der Waals surface area contributed by atoms with E-state index < -0.39 is 9.84 Å². The van der Waals surface area contributed by atoms with Gasteiger partial charge >= 0.3 is 0 Å². The van der Waals surface area contributed by atoms with Crippen LogP contribution in [0.2, 0.25) is 0 Å². The number of benzene rings is 1. The minimum Gasteiger partial charge on any atom is -0.315 e. The zero-order chi connectivity index (χ0) is 18.0. The van der Waals surface area contributed by atoms with E-state index in [0.717, 1.165) is 18.8 Å². The zero-order valence-corrected chi connectivity index (χ0v) is 16.3. The van der Waals surface area contributed by atoms with Gasteiger partial charge in [-0.25, -0.2) is 8.42 Å². The number of hydrogen-bond acceptors (Lipinski definition) is 4. The van der Waals surface area contributed by atoms with Crippen molar-refractivity contribution < 1.29 is 13.3 Å². The summed E-state index contributed by atoms with van der Waals surface area (Å²) in [6, 6.07) is 10.3. The number of rotatable bonds is 6. The van der Waals surface area contributed by atoms with E-state index in [-0.39, 0.29) is 11.7 Å². The van der Waals surface area contributed by atoms with Crippen molar-refractivity contribution in [1.29, 1.82) is 0 Å². The molecule has 2 heterocycles. The minimum absolute atomic E-state index is 0.156. The fourth-order valence-electron chi connectivity index (χ4n) is 3.36. The monoisotopic (exact) mass is 381 g/mol. The second kappa shape index (κ2) is 7.39. The lowest BCUT2D eigenvalue weighted by Crippen LogP contribution is -3.07. The lowest BCUT2D eigenvalue weighted by Gasteiger charge is -2.13. The van der Waals surface area contributed by atoms with Gasteiger partial charge in [-0.05, 0) is 24.6 Å². The first-order valence-electron chi connectivity index (χ1n) is 8.52. The Balaban J connectivity index is 1.67.